The highest BCUT2D eigenvalue weighted by molar-refractivity contribution is 6.08. The maximum atomic E-state index is 10.7. The molecule has 92 valence electrons. The normalized spacial score (nSPS) is 10.7. The molecule has 0 aliphatic heterocycles. The van der Waals surface area contributed by atoms with E-state index in [0.29, 0.717) is 34.7 Å². The lowest BCUT2D eigenvalue weighted by molar-refractivity contribution is 0.111. The molecule has 0 aliphatic rings. The van der Waals surface area contributed by atoms with E-state index in [1.165, 1.54) is 6.07 Å². The zero-order chi connectivity index (χ0) is 13.4. The summed E-state index contributed by atoms with van der Waals surface area (Å²) >= 11 is 0. The molecule has 1 aromatic carbocycles. The van der Waals surface area contributed by atoms with Gasteiger partial charge in [0.1, 0.15) is 22.7 Å². The first-order chi connectivity index (χ1) is 9.22. The Kier molecular flexibility index (Phi) is 2.45. The molecule has 0 unspecified atom stereocenters. The number of benzene rings is 1. The van der Waals surface area contributed by atoms with Crippen LogP contribution >= 0.6 is 0 Å². The molecule has 19 heavy (non-hydrogen) atoms. The van der Waals surface area contributed by atoms with Gasteiger partial charge in [-0.15, -0.1) is 0 Å². The number of carbonyl (C=O) groups is 2. The van der Waals surface area contributed by atoms with Crippen LogP contribution in [0.3, 0.4) is 0 Å². The van der Waals surface area contributed by atoms with Crippen molar-refractivity contribution >= 4 is 34.4 Å². The van der Waals surface area contributed by atoms with Crippen molar-refractivity contribution in [1.29, 1.82) is 0 Å². The van der Waals surface area contributed by atoms with Crippen LogP contribution in [0.2, 0.25) is 0 Å². The van der Waals surface area contributed by atoms with Gasteiger partial charge in [-0.2, -0.15) is 0 Å². The molecule has 5 heteroatoms. The lowest BCUT2D eigenvalue weighted by Gasteiger charge is -2.06. The lowest BCUT2D eigenvalue weighted by Crippen LogP contribution is -1.92. The molecular formula is C14H8N2O3. The van der Waals surface area contributed by atoms with Gasteiger partial charge in [-0.25, -0.2) is 9.97 Å². The van der Waals surface area contributed by atoms with E-state index in [-0.39, 0.29) is 11.4 Å². The van der Waals surface area contributed by atoms with E-state index in [1.54, 1.807) is 24.3 Å². The van der Waals surface area contributed by atoms with E-state index in [0.717, 1.165) is 5.39 Å². The number of aromatic hydroxyl groups is 1. The molecule has 0 fully saturated rings. The van der Waals surface area contributed by atoms with Gasteiger partial charge in [0.25, 0.3) is 0 Å². The Hall–Kier alpha value is -2.82. The van der Waals surface area contributed by atoms with Gasteiger partial charge in [-0.05, 0) is 24.3 Å². The van der Waals surface area contributed by atoms with Gasteiger partial charge in [0.15, 0.2) is 12.6 Å². The van der Waals surface area contributed by atoms with E-state index in [9.17, 15) is 14.7 Å². The summed E-state index contributed by atoms with van der Waals surface area (Å²) in [6.07, 6.45) is 1.27. The predicted molar refractivity (Wildman–Crippen MR) is 69.5 cm³/mol. The van der Waals surface area contributed by atoms with Crippen LogP contribution in [0.5, 0.6) is 5.75 Å². The first kappa shape index (κ1) is 11.3. The molecule has 0 saturated heterocycles. The standard InChI is InChI=1S/C14H8N2O3/c17-6-8-1-3-10-11-4-2-9(7-18)16-14(11)13(19)5-12(10)15-8/h1-7,19H. The fraction of sp³-hybridized carbons (Fsp3) is 0. The van der Waals surface area contributed by atoms with Gasteiger partial charge in [0.2, 0.25) is 0 Å². The zero-order valence-electron chi connectivity index (χ0n) is 9.70. The quantitative estimate of drug-likeness (QED) is 0.558. The van der Waals surface area contributed by atoms with Gasteiger partial charge in [-0.1, -0.05) is 0 Å². The second-order valence-corrected chi connectivity index (χ2v) is 4.07. The molecule has 2 aromatic heterocycles. The number of fused-ring (bicyclic) bond motifs is 3. The van der Waals surface area contributed by atoms with E-state index >= 15 is 0 Å². The van der Waals surface area contributed by atoms with Crippen molar-refractivity contribution in [2.75, 3.05) is 0 Å². The molecule has 5 nitrogen and oxygen atoms in total. The van der Waals surface area contributed by atoms with Crippen LogP contribution in [0.4, 0.5) is 0 Å². The largest absolute Gasteiger partial charge is 0.506 e. The minimum atomic E-state index is -0.0678. The minimum absolute atomic E-state index is 0.0678. The lowest BCUT2D eigenvalue weighted by atomic mass is 10.1. The molecule has 3 aromatic rings. The van der Waals surface area contributed by atoms with Crippen molar-refractivity contribution in [3.05, 3.63) is 41.7 Å². The Balaban J connectivity index is 2.46. The highest BCUT2D eigenvalue weighted by atomic mass is 16.3. The van der Waals surface area contributed by atoms with E-state index in [2.05, 4.69) is 9.97 Å². The van der Waals surface area contributed by atoms with Crippen LogP contribution in [-0.4, -0.2) is 27.6 Å². The maximum Gasteiger partial charge on any atom is 0.168 e. The molecule has 0 amide bonds. The van der Waals surface area contributed by atoms with Crippen molar-refractivity contribution in [3.63, 3.8) is 0 Å². The summed E-state index contributed by atoms with van der Waals surface area (Å²) in [5, 5.41) is 11.4. The molecule has 0 bridgehead atoms. The second kappa shape index (κ2) is 4.13. The van der Waals surface area contributed by atoms with Crippen LogP contribution in [0.1, 0.15) is 21.0 Å². The second-order valence-electron chi connectivity index (χ2n) is 4.07. The SMILES string of the molecule is O=Cc1ccc2c(cc(O)c3nc(C=O)ccc32)n1. The topological polar surface area (TPSA) is 80.1 Å². The highest BCUT2D eigenvalue weighted by Gasteiger charge is 2.09. The molecular weight excluding hydrogens is 244 g/mol. The molecule has 0 radical (unpaired) electrons. The van der Waals surface area contributed by atoms with Crippen LogP contribution in [-0.2, 0) is 0 Å². The number of phenols is 1. The van der Waals surface area contributed by atoms with E-state index < -0.39 is 0 Å². The Morgan fingerprint density at radius 2 is 1.53 bits per heavy atom. The smallest absolute Gasteiger partial charge is 0.168 e. The minimum Gasteiger partial charge on any atom is -0.506 e. The van der Waals surface area contributed by atoms with Crippen LogP contribution in [0.15, 0.2) is 30.3 Å². The van der Waals surface area contributed by atoms with Gasteiger partial charge in [-0.3, -0.25) is 9.59 Å². The van der Waals surface area contributed by atoms with E-state index in [1.807, 2.05) is 0 Å². The summed E-state index contributed by atoms with van der Waals surface area (Å²) in [7, 11) is 0. The fourth-order valence-corrected chi connectivity index (χ4v) is 2.04. The Labute approximate surface area is 107 Å². The first-order valence-electron chi connectivity index (χ1n) is 5.57. The van der Waals surface area contributed by atoms with Crippen molar-refractivity contribution in [2.24, 2.45) is 0 Å². The molecule has 1 N–H and O–H groups in total. The first-order valence-corrected chi connectivity index (χ1v) is 5.57. The zero-order valence-corrected chi connectivity index (χ0v) is 9.70. The number of aldehydes is 2. The summed E-state index contributed by atoms with van der Waals surface area (Å²) in [5.74, 6) is -0.0678. The maximum absolute atomic E-state index is 10.7. The number of rotatable bonds is 2. The third kappa shape index (κ3) is 1.72. The number of pyridine rings is 2. The van der Waals surface area contributed by atoms with Crippen LogP contribution < -0.4 is 0 Å². The number of nitrogens with zero attached hydrogens (tertiary/aromatic N) is 2. The summed E-state index contributed by atoms with van der Waals surface area (Å²) < 4.78 is 0. The number of aromatic nitrogens is 2. The van der Waals surface area contributed by atoms with Crippen molar-refractivity contribution in [2.45, 2.75) is 0 Å². The van der Waals surface area contributed by atoms with E-state index in [4.69, 9.17) is 0 Å². The Morgan fingerprint density at radius 3 is 2.21 bits per heavy atom. The average molecular weight is 252 g/mol. The highest BCUT2D eigenvalue weighted by Crippen LogP contribution is 2.30. The van der Waals surface area contributed by atoms with Crippen molar-refractivity contribution in [3.8, 4) is 5.75 Å². The van der Waals surface area contributed by atoms with Gasteiger partial charge < -0.3 is 5.11 Å². The van der Waals surface area contributed by atoms with Gasteiger partial charge in [0, 0.05) is 16.8 Å². The third-order valence-corrected chi connectivity index (χ3v) is 2.91. The molecule has 3 rings (SSSR count). The molecule has 0 atom stereocenters. The Morgan fingerprint density at radius 1 is 0.895 bits per heavy atom. The Bertz CT molecular complexity index is 828. The van der Waals surface area contributed by atoms with Gasteiger partial charge >= 0.3 is 0 Å². The molecule has 0 saturated carbocycles. The third-order valence-electron chi connectivity index (χ3n) is 2.91. The van der Waals surface area contributed by atoms with Gasteiger partial charge in [0.05, 0.1) is 5.52 Å². The predicted octanol–water partition coefficient (Wildman–Crippen LogP) is 2.11. The van der Waals surface area contributed by atoms with Crippen molar-refractivity contribution < 1.29 is 14.7 Å². The molecule has 0 spiro atoms. The van der Waals surface area contributed by atoms with Crippen LogP contribution in [0, 0.1) is 0 Å². The summed E-state index contributed by atoms with van der Waals surface area (Å²) in [6, 6.07) is 8.06. The monoisotopic (exact) mass is 252 g/mol. The fourth-order valence-electron chi connectivity index (χ4n) is 2.04. The summed E-state index contributed by atoms with van der Waals surface area (Å²) in [4.78, 5) is 29.6. The number of hydrogen-bond donors (Lipinski definition) is 1. The summed E-state index contributed by atoms with van der Waals surface area (Å²) in [5.41, 5.74) is 1.40. The molecule has 2 heterocycles. The number of hydrogen-bond acceptors (Lipinski definition) is 5. The van der Waals surface area contributed by atoms with Crippen LogP contribution in [0.25, 0.3) is 21.8 Å². The number of carbonyl (C=O) groups excluding carboxylic acids is 2. The summed E-state index contributed by atoms with van der Waals surface area (Å²) in [6.45, 7) is 0. The number of phenolic OH excluding ortho intramolecular Hbond substituents is 1. The van der Waals surface area contributed by atoms with Crippen molar-refractivity contribution in [1.82, 2.24) is 9.97 Å². The molecule has 0 aliphatic carbocycles. The average Bonchev–Trinajstić information content (AvgIpc) is 2.46.